The van der Waals surface area contributed by atoms with E-state index in [1.807, 2.05) is 61.5 Å². The molecule has 0 spiro atoms. The number of benzene rings is 2. The molecule has 4 rings (SSSR count). The minimum absolute atomic E-state index is 0.0855. The van der Waals surface area contributed by atoms with Crippen LogP contribution in [0.3, 0.4) is 0 Å². The molecule has 6 heteroatoms. The number of rotatable bonds is 7. The maximum Gasteiger partial charge on any atom is 0.247 e. The van der Waals surface area contributed by atoms with Crippen LogP contribution >= 0.6 is 0 Å². The van der Waals surface area contributed by atoms with Gasteiger partial charge >= 0.3 is 0 Å². The number of amides is 1. The van der Waals surface area contributed by atoms with Crippen LogP contribution in [0.15, 0.2) is 54.6 Å². The van der Waals surface area contributed by atoms with E-state index < -0.39 is 11.3 Å². The summed E-state index contributed by atoms with van der Waals surface area (Å²) in [6.45, 7) is 2.34. The number of para-hydroxylation sites is 1. The van der Waals surface area contributed by atoms with Gasteiger partial charge in [0, 0.05) is 34.6 Å². The lowest BCUT2D eigenvalue weighted by atomic mass is 9.94. The van der Waals surface area contributed by atoms with Crippen molar-refractivity contribution in [3.05, 3.63) is 71.4 Å². The number of aliphatic hydroxyl groups is 1. The molecule has 3 N–H and O–H groups in total. The first-order valence-corrected chi connectivity index (χ1v) is 9.66. The van der Waals surface area contributed by atoms with Crippen molar-refractivity contribution in [1.29, 1.82) is 0 Å². The van der Waals surface area contributed by atoms with E-state index in [-0.39, 0.29) is 12.5 Å². The minimum Gasteiger partial charge on any atom is -0.489 e. The van der Waals surface area contributed by atoms with Crippen molar-refractivity contribution in [2.45, 2.75) is 26.4 Å². The third kappa shape index (κ3) is 3.95. The van der Waals surface area contributed by atoms with Gasteiger partial charge in [0.2, 0.25) is 5.91 Å². The number of nitrogens with zero attached hydrogens (tertiary/aromatic N) is 1. The van der Waals surface area contributed by atoms with E-state index >= 15 is 0 Å². The summed E-state index contributed by atoms with van der Waals surface area (Å²) in [6, 6.07) is 17.8. The van der Waals surface area contributed by atoms with Gasteiger partial charge in [-0.05, 0) is 49.6 Å². The number of ether oxygens (including phenoxy) is 1. The van der Waals surface area contributed by atoms with E-state index in [9.17, 15) is 9.90 Å². The second kappa shape index (κ2) is 7.81. The predicted molar refractivity (Wildman–Crippen MR) is 109 cm³/mol. The lowest BCUT2D eigenvalue weighted by Gasteiger charge is -2.14. The number of pyridine rings is 1. The Hall–Kier alpha value is -2.96. The lowest BCUT2D eigenvalue weighted by Crippen LogP contribution is -2.26. The summed E-state index contributed by atoms with van der Waals surface area (Å²) in [5.41, 5.74) is 5.23. The zero-order valence-electron chi connectivity index (χ0n) is 16.3. The smallest absolute Gasteiger partial charge is 0.247 e. The van der Waals surface area contributed by atoms with Crippen LogP contribution in [0.4, 0.5) is 0 Å². The van der Waals surface area contributed by atoms with E-state index in [2.05, 4.69) is 4.98 Å². The van der Waals surface area contributed by atoms with E-state index in [0.29, 0.717) is 19.4 Å². The summed E-state index contributed by atoms with van der Waals surface area (Å²) in [5.74, 6) is -0.0266. The Morgan fingerprint density at radius 2 is 2.00 bits per heavy atom. The zero-order chi connectivity index (χ0) is 20.4. The Bertz CT molecular complexity index is 1030. The second-order valence-electron chi connectivity index (χ2n) is 7.80. The number of aryl methyl sites for hydroxylation is 1. The first-order chi connectivity index (χ1) is 14.0. The van der Waals surface area contributed by atoms with Gasteiger partial charge in [0.1, 0.15) is 12.4 Å². The SMILES string of the molecule is Cc1cc(COc2ccc(CC3(CO)CC3C(=O)NO)cc2)c2ccccc2n1. The number of nitrogens with one attached hydrogen (secondary N) is 1. The molecule has 1 amide bonds. The van der Waals surface area contributed by atoms with Gasteiger partial charge in [0.15, 0.2) is 0 Å². The highest BCUT2D eigenvalue weighted by Crippen LogP contribution is 2.54. The van der Waals surface area contributed by atoms with Crippen molar-refractivity contribution < 1.29 is 19.8 Å². The fourth-order valence-electron chi connectivity index (χ4n) is 4.01. The maximum absolute atomic E-state index is 11.6. The Balaban J connectivity index is 1.43. The van der Waals surface area contributed by atoms with Crippen LogP contribution in [0.1, 0.15) is 23.2 Å². The Labute approximate surface area is 169 Å². The van der Waals surface area contributed by atoms with Crippen LogP contribution in [-0.4, -0.2) is 27.8 Å². The lowest BCUT2D eigenvalue weighted by molar-refractivity contribution is -0.131. The number of fused-ring (bicyclic) bond motifs is 1. The first-order valence-electron chi connectivity index (χ1n) is 9.66. The summed E-state index contributed by atoms with van der Waals surface area (Å²) < 4.78 is 5.98. The number of carbonyl (C=O) groups excluding carboxylic acids is 1. The molecule has 0 bridgehead atoms. The van der Waals surface area contributed by atoms with Crippen molar-refractivity contribution in [3.63, 3.8) is 0 Å². The van der Waals surface area contributed by atoms with Crippen LogP contribution in [0, 0.1) is 18.3 Å². The van der Waals surface area contributed by atoms with Gasteiger partial charge in [-0.25, -0.2) is 5.48 Å². The molecule has 6 nitrogen and oxygen atoms in total. The van der Waals surface area contributed by atoms with E-state index in [4.69, 9.17) is 9.94 Å². The fraction of sp³-hybridized carbons (Fsp3) is 0.304. The molecule has 2 aromatic carbocycles. The van der Waals surface area contributed by atoms with Gasteiger partial charge in [-0.2, -0.15) is 0 Å². The van der Waals surface area contributed by atoms with Crippen LogP contribution in [0.5, 0.6) is 5.75 Å². The molecule has 2 unspecified atom stereocenters. The van der Waals surface area contributed by atoms with Crippen LogP contribution in [0.25, 0.3) is 10.9 Å². The number of hydroxylamine groups is 1. The van der Waals surface area contributed by atoms with Crippen molar-refractivity contribution in [1.82, 2.24) is 10.5 Å². The molecule has 2 atom stereocenters. The molecule has 0 aliphatic heterocycles. The van der Waals surface area contributed by atoms with Gasteiger partial charge < -0.3 is 9.84 Å². The molecule has 0 saturated heterocycles. The fourth-order valence-corrected chi connectivity index (χ4v) is 4.01. The molecule has 1 fully saturated rings. The Kier molecular flexibility index (Phi) is 5.22. The third-order valence-corrected chi connectivity index (χ3v) is 5.74. The number of hydrogen-bond acceptors (Lipinski definition) is 5. The molecule has 1 aliphatic carbocycles. The quantitative estimate of drug-likeness (QED) is 0.424. The topological polar surface area (TPSA) is 91.7 Å². The van der Waals surface area contributed by atoms with Gasteiger partial charge in [-0.3, -0.25) is 15.0 Å². The first kappa shape index (κ1) is 19.4. The Morgan fingerprint density at radius 3 is 2.72 bits per heavy atom. The maximum atomic E-state index is 11.6. The predicted octanol–water partition coefficient (Wildman–Crippen LogP) is 3.17. The summed E-state index contributed by atoms with van der Waals surface area (Å²) >= 11 is 0. The Morgan fingerprint density at radius 1 is 1.24 bits per heavy atom. The molecular weight excluding hydrogens is 368 g/mol. The third-order valence-electron chi connectivity index (χ3n) is 5.74. The number of aliphatic hydroxyl groups excluding tert-OH is 1. The van der Waals surface area contributed by atoms with Crippen molar-refractivity contribution in [3.8, 4) is 5.75 Å². The average Bonchev–Trinajstić information content (AvgIpc) is 3.46. The van der Waals surface area contributed by atoms with Crippen molar-refractivity contribution in [2.75, 3.05) is 6.61 Å². The van der Waals surface area contributed by atoms with Crippen molar-refractivity contribution in [2.24, 2.45) is 11.3 Å². The van der Waals surface area contributed by atoms with Crippen LogP contribution in [0.2, 0.25) is 0 Å². The number of hydrogen-bond donors (Lipinski definition) is 3. The average molecular weight is 392 g/mol. The van der Waals surface area contributed by atoms with E-state index in [0.717, 1.165) is 33.5 Å². The molecule has 150 valence electrons. The van der Waals surface area contributed by atoms with Gasteiger partial charge in [-0.15, -0.1) is 0 Å². The summed E-state index contributed by atoms with van der Waals surface area (Å²) in [7, 11) is 0. The van der Waals surface area contributed by atoms with Gasteiger partial charge in [0.25, 0.3) is 0 Å². The highest BCUT2D eigenvalue weighted by molar-refractivity contribution is 5.82. The molecule has 1 aromatic heterocycles. The summed E-state index contributed by atoms with van der Waals surface area (Å²) in [4.78, 5) is 16.2. The molecule has 1 heterocycles. The van der Waals surface area contributed by atoms with E-state index in [1.165, 1.54) is 0 Å². The molecule has 1 aliphatic rings. The summed E-state index contributed by atoms with van der Waals surface area (Å²) in [6.07, 6.45) is 1.15. The van der Waals surface area contributed by atoms with Crippen LogP contribution < -0.4 is 10.2 Å². The zero-order valence-corrected chi connectivity index (χ0v) is 16.3. The molecule has 0 radical (unpaired) electrons. The molecule has 29 heavy (non-hydrogen) atoms. The normalized spacial score (nSPS) is 20.4. The molecular formula is C23H24N2O4. The van der Waals surface area contributed by atoms with Crippen LogP contribution in [-0.2, 0) is 17.8 Å². The highest BCUT2D eigenvalue weighted by atomic mass is 16.5. The van der Waals surface area contributed by atoms with Gasteiger partial charge in [-0.1, -0.05) is 30.3 Å². The van der Waals surface area contributed by atoms with E-state index in [1.54, 1.807) is 5.48 Å². The largest absolute Gasteiger partial charge is 0.489 e. The van der Waals surface area contributed by atoms with Gasteiger partial charge in [0.05, 0.1) is 5.52 Å². The number of carbonyl (C=O) groups is 1. The molecule has 1 saturated carbocycles. The van der Waals surface area contributed by atoms with Crippen molar-refractivity contribution >= 4 is 16.8 Å². The highest BCUT2D eigenvalue weighted by Gasteiger charge is 2.57. The molecule has 3 aromatic rings. The minimum atomic E-state index is -0.483. The number of aromatic nitrogens is 1. The second-order valence-corrected chi connectivity index (χ2v) is 7.80. The standard InChI is InChI=1S/C23H24N2O4/c1-15-10-17(19-4-2-3-5-21(19)24-15)13-29-18-8-6-16(7-9-18)11-23(14-26)12-20(23)22(27)25-28/h2-10,20,26,28H,11-14H2,1H3,(H,25,27). The monoisotopic (exact) mass is 392 g/mol. The summed E-state index contributed by atoms with van der Waals surface area (Å²) in [5, 5.41) is 19.6.